The summed E-state index contributed by atoms with van der Waals surface area (Å²) in [5.74, 6) is 0.345. The number of sulfonamides is 1. The number of carbonyl (C=O) groups excluding carboxylic acids is 1. The molecule has 2 N–H and O–H groups in total. The number of carbonyl (C=O) groups is 1. The summed E-state index contributed by atoms with van der Waals surface area (Å²) in [6.45, 7) is 0. The zero-order valence-electron chi connectivity index (χ0n) is 16.2. The molecule has 3 aromatic carbocycles. The number of anilines is 2. The van der Waals surface area contributed by atoms with Gasteiger partial charge in [-0.3, -0.25) is 9.52 Å². The van der Waals surface area contributed by atoms with E-state index >= 15 is 0 Å². The molecular formula is C21H19ClN2O5S. The van der Waals surface area contributed by atoms with E-state index in [9.17, 15) is 13.2 Å². The third-order valence-electron chi connectivity index (χ3n) is 4.18. The van der Waals surface area contributed by atoms with Gasteiger partial charge in [0.2, 0.25) is 0 Å². The normalized spacial score (nSPS) is 10.9. The van der Waals surface area contributed by atoms with Gasteiger partial charge in [-0.1, -0.05) is 23.7 Å². The Hall–Kier alpha value is -3.23. The van der Waals surface area contributed by atoms with Crippen LogP contribution in [0.1, 0.15) is 10.4 Å². The van der Waals surface area contributed by atoms with Gasteiger partial charge in [0.05, 0.1) is 24.9 Å². The van der Waals surface area contributed by atoms with Gasteiger partial charge in [-0.05, 0) is 54.6 Å². The Balaban J connectivity index is 1.89. The number of hydrogen-bond acceptors (Lipinski definition) is 5. The van der Waals surface area contributed by atoms with E-state index in [2.05, 4.69) is 10.0 Å². The lowest BCUT2D eigenvalue weighted by Crippen LogP contribution is -2.16. The standard InChI is InChI=1S/C21H19ClN2O5S/c1-28-16-10-7-14(8-11-16)21(25)23-15-9-12-19(29-2)20(13-15)30(26,27)24-18-6-4-3-5-17(18)22/h3-13,24H,1-2H3,(H,23,25). The molecule has 3 rings (SSSR count). The topological polar surface area (TPSA) is 93.7 Å². The Labute approximate surface area is 179 Å². The smallest absolute Gasteiger partial charge is 0.265 e. The van der Waals surface area contributed by atoms with E-state index in [0.717, 1.165) is 0 Å². The van der Waals surface area contributed by atoms with Crippen LogP contribution in [-0.4, -0.2) is 28.5 Å². The largest absolute Gasteiger partial charge is 0.497 e. The van der Waals surface area contributed by atoms with Crippen LogP contribution in [0.4, 0.5) is 11.4 Å². The van der Waals surface area contributed by atoms with Crippen molar-refractivity contribution in [2.24, 2.45) is 0 Å². The molecule has 0 aliphatic carbocycles. The lowest BCUT2D eigenvalue weighted by Gasteiger charge is -2.14. The van der Waals surface area contributed by atoms with Gasteiger partial charge in [-0.15, -0.1) is 0 Å². The minimum absolute atomic E-state index is 0.122. The maximum Gasteiger partial charge on any atom is 0.265 e. The van der Waals surface area contributed by atoms with Crippen molar-refractivity contribution in [1.29, 1.82) is 0 Å². The summed E-state index contributed by atoms with van der Waals surface area (Å²) >= 11 is 6.06. The van der Waals surface area contributed by atoms with Crippen LogP contribution in [0.25, 0.3) is 0 Å². The first-order valence-electron chi connectivity index (χ1n) is 8.75. The van der Waals surface area contributed by atoms with Crippen LogP contribution in [0, 0.1) is 0 Å². The van der Waals surface area contributed by atoms with Crippen molar-refractivity contribution in [3.05, 3.63) is 77.3 Å². The first-order valence-corrected chi connectivity index (χ1v) is 10.6. The lowest BCUT2D eigenvalue weighted by atomic mass is 10.2. The highest BCUT2D eigenvalue weighted by atomic mass is 35.5. The van der Waals surface area contributed by atoms with Gasteiger partial charge in [0.1, 0.15) is 16.4 Å². The van der Waals surface area contributed by atoms with Crippen LogP contribution in [0.15, 0.2) is 71.6 Å². The summed E-state index contributed by atoms with van der Waals surface area (Å²) in [5.41, 5.74) is 0.912. The number of para-hydroxylation sites is 1. The van der Waals surface area contributed by atoms with E-state index in [1.54, 1.807) is 54.6 Å². The number of hydrogen-bond donors (Lipinski definition) is 2. The van der Waals surface area contributed by atoms with Gasteiger partial charge >= 0.3 is 0 Å². The summed E-state index contributed by atoms with van der Waals surface area (Å²) in [4.78, 5) is 12.4. The first-order chi connectivity index (χ1) is 14.3. The predicted molar refractivity (Wildman–Crippen MR) is 116 cm³/mol. The van der Waals surface area contributed by atoms with E-state index in [1.165, 1.54) is 26.4 Å². The first kappa shape index (κ1) is 21.5. The van der Waals surface area contributed by atoms with Crippen LogP contribution in [0.5, 0.6) is 11.5 Å². The molecule has 9 heteroatoms. The number of benzene rings is 3. The Morgan fingerprint density at radius 2 is 1.63 bits per heavy atom. The second-order valence-corrected chi connectivity index (χ2v) is 8.19. The summed E-state index contributed by atoms with van der Waals surface area (Å²) in [7, 11) is -1.14. The van der Waals surface area contributed by atoms with Gasteiger partial charge in [-0.25, -0.2) is 8.42 Å². The third-order valence-corrected chi connectivity index (χ3v) is 5.90. The minimum Gasteiger partial charge on any atom is -0.497 e. The number of rotatable bonds is 7. The number of halogens is 1. The molecule has 0 aliphatic heterocycles. The fraction of sp³-hybridized carbons (Fsp3) is 0.0952. The second-order valence-electron chi connectivity index (χ2n) is 6.13. The van der Waals surface area contributed by atoms with Crippen molar-refractivity contribution in [3.8, 4) is 11.5 Å². The van der Waals surface area contributed by atoms with Crippen LogP contribution in [0.3, 0.4) is 0 Å². The molecule has 0 spiro atoms. The van der Waals surface area contributed by atoms with Gasteiger partial charge in [-0.2, -0.15) is 0 Å². The Kier molecular flexibility index (Phi) is 6.49. The zero-order valence-corrected chi connectivity index (χ0v) is 17.8. The van der Waals surface area contributed by atoms with E-state index < -0.39 is 15.9 Å². The molecular weight excluding hydrogens is 428 g/mol. The van der Waals surface area contributed by atoms with Gasteiger partial charge in [0, 0.05) is 11.3 Å². The molecule has 3 aromatic rings. The Morgan fingerprint density at radius 3 is 2.27 bits per heavy atom. The molecule has 0 aromatic heterocycles. The Bertz CT molecular complexity index is 1160. The number of methoxy groups -OCH3 is 2. The minimum atomic E-state index is -4.04. The van der Waals surface area contributed by atoms with Crippen LogP contribution in [0.2, 0.25) is 5.02 Å². The fourth-order valence-electron chi connectivity index (χ4n) is 2.65. The lowest BCUT2D eigenvalue weighted by molar-refractivity contribution is 0.102. The molecule has 7 nitrogen and oxygen atoms in total. The molecule has 0 bridgehead atoms. The highest BCUT2D eigenvalue weighted by Gasteiger charge is 2.22. The van der Waals surface area contributed by atoms with Crippen molar-refractivity contribution in [2.75, 3.05) is 24.3 Å². The molecule has 0 radical (unpaired) electrons. The van der Waals surface area contributed by atoms with Crippen LogP contribution in [-0.2, 0) is 10.0 Å². The van der Waals surface area contributed by atoms with Crippen LogP contribution < -0.4 is 19.5 Å². The molecule has 0 heterocycles. The zero-order chi connectivity index (χ0) is 21.7. The summed E-state index contributed by atoms with van der Waals surface area (Å²) in [6, 6.07) is 17.3. The van der Waals surface area contributed by atoms with Crippen molar-refractivity contribution in [2.45, 2.75) is 4.90 Å². The third kappa shape index (κ3) is 4.84. The maximum atomic E-state index is 12.9. The predicted octanol–water partition coefficient (Wildman–Crippen LogP) is 4.41. The summed E-state index contributed by atoms with van der Waals surface area (Å²) < 4.78 is 38.6. The number of nitrogens with one attached hydrogen (secondary N) is 2. The SMILES string of the molecule is COc1ccc(C(=O)Nc2ccc(OC)c(S(=O)(=O)Nc3ccccc3Cl)c2)cc1. The average Bonchev–Trinajstić information content (AvgIpc) is 2.75. The monoisotopic (exact) mass is 446 g/mol. The van der Waals surface area contributed by atoms with E-state index in [1.807, 2.05) is 0 Å². The molecule has 1 amide bonds. The Morgan fingerprint density at radius 1 is 0.933 bits per heavy atom. The molecule has 0 unspecified atom stereocenters. The van der Waals surface area contributed by atoms with Crippen molar-refractivity contribution >= 4 is 38.9 Å². The molecule has 0 saturated heterocycles. The van der Waals surface area contributed by atoms with Crippen molar-refractivity contribution in [1.82, 2.24) is 0 Å². The fourth-order valence-corrected chi connectivity index (χ4v) is 4.17. The van der Waals surface area contributed by atoms with Crippen molar-refractivity contribution < 1.29 is 22.7 Å². The van der Waals surface area contributed by atoms with Crippen LogP contribution >= 0.6 is 11.6 Å². The van der Waals surface area contributed by atoms with Gasteiger partial charge < -0.3 is 14.8 Å². The summed E-state index contributed by atoms with van der Waals surface area (Å²) in [5, 5.41) is 2.93. The summed E-state index contributed by atoms with van der Waals surface area (Å²) in [6.07, 6.45) is 0. The number of ether oxygens (including phenoxy) is 2. The van der Waals surface area contributed by atoms with E-state index in [-0.39, 0.29) is 27.0 Å². The molecule has 30 heavy (non-hydrogen) atoms. The van der Waals surface area contributed by atoms with Crippen molar-refractivity contribution in [3.63, 3.8) is 0 Å². The maximum absolute atomic E-state index is 12.9. The van der Waals surface area contributed by atoms with E-state index in [0.29, 0.717) is 11.3 Å². The molecule has 0 atom stereocenters. The van der Waals surface area contributed by atoms with Gasteiger partial charge in [0.15, 0.2) is 0 Å². The molecule has 0 fully saturated rings. The highest BCUT2D eigenvalue weighted by molar-refractivity contribution is 7.92. The average molecular weight is 447 g/mol. The van der Waals surface area contributed by atoms with Gasteiger partial charge in [0.25, 0.3) is 15.9 Å². The second kappa shape index (κ2) is 9.06. The molecule has 0 aliphatic rings. The molecule has 0 saturated carbocycles. The molecule has 156 valence electrons. The highest BCUT2D eigenvalue weighted by Crippen LogP contribution is 2.31. The quantitative estimate of drug-likeness (QED) is 0.560. The number of amides is 1. The van der Waals surface area contributed by atoms with E-state index in [4.69, 9.17) is 21.1 Å².